The van der Waals surface area contributed by atoms with Crippen molar-refractivity contribution in [2.45, 2.75) is 19.0 Å². The van der Waals surface area contributed by atoms with Crippen LogP contribution in [0, 0.1) is 34.4 Å². The number of rotatable bonds is 7. The molecular weight excluding hydrogens is 611 g/mol. The van der Waals surface area contributed by atoms with E-state index >= 15 is 0 Å². The summed E-state index contributed by atoms with van der Waals surface area (Å²) in [7, 11) is 1.50. The summed E-state index contributed by atoms with van der Waals surface area (Å²) in [5.41, 5.74) is 7.28. The number of primary amides is 1. The van der Waals surface area contributed by atoms with Gasteiger partial charge in [-0.25, -0.2) is 9.07 Å². The van der Waals surface area contributed by atoms with Gasteiger partial charge in [-0.15, -0.1) is 0 Å². The molecule has 12 heteroatoms. The zero-order chi connectivity index (χ0) is 34.2. The van der Waals surface area contributed by atoms with Gasteiger partial charge in [0.15, 0.2) is 0 Å². The maximum absolute atomic E-state index is 14.8. The summed E-state index contributed by atoms with van der Waals surface area (Å²) in [6, 6.07) is 28.3. The Morgan fingerprint density at radius 3 is 2.38 bits per heavy atom. The van der Waals surface area contributed by atoms with Crippen LogP contribution in [-0.4, -0.2) is 46.6 Å². The lowest BCUT2D eigenvalue weighted by molar-refractivity contribution is -0.133. The molecule has 1 aliphatic heterocycles. The van der Waals surface area contributed by atoms with Gasteiger partial charge in [-0.2, -0.15) is 15.6 Å². The van der Waals surface area contributed by atoms with Crippen molar-refractivity contribution in [1.29, 1.82) is 10.5 Å². The molecule has 6 rings (SSSR count). The zero-order valence-corrected chi connectivity index (χ0v) is 26.0. The van der Waals surface area contributed by atoms with E-state index in [4.69, 9.17) is 10.8 Å². The lowest BCUT2D eigenvalue weighted by atomic mass is 9.83. The summed E-state index contributed by atoms with van der Waals surface area (Å²) in [5, 5.41) is 28.1. The van der Waals surface area contributed by atoms with E-state index in [1.165, 1.54) is 48.0 Å². The fourth-order valence-corrected chi connectivity index (χ4v) is 6.04. The SMILES string of the molecule is CNC(C)(C(N)=O)[C@@H]1CN(C(=O)c2ccc(F)cc2)c2cc(C#N)ccc2N(Cc2nn(-c3ccccc3C#N)c3ccccc23)C1=O. The minimum absolute atomic E-state index is 0.104. The van der Waals surface area contributed by atoms with Crippen LogP contribution in [0.4, 0.5) is 15.8 Å². The molecular formula is C36H29FN8O3. The molecule has 0 radical (unpaired) electrons. The van der Waals surface area contributed by atoms with Crippen LogP contribution in [0.25, 0.3) is 16.6 Å². The Morgan fingerprint density at radius 2 is 1.69 bits per heavy atom. The van der Waals surface area contributed by atoms with E-state index in [2.05, 4.69) is 17.5 Å². The van der Waals surface area contributed by atoms with Crippen molar-refractivity contribution < 1.29 is 18.8 Å². The van der Waals surface area contributed by atoms with Crippen LogP contribution in [0.1, 0.15) is 34.1 Å². The largest absolute Gasteiger partial charge is 0.368 e. The first-order valence-electron chi connectivity index (χ1n) is 15.0. The standard InChI is InChI=1S/C36H29FN8O3/c1-36(41-2,35(40)48)27-20-43(33(46)23-12-14-25(37)15-13-23)32-17-22(18-38)11-16-31(32)44(34(27)47)21-28-26-8-4-6-10-30(26)45(42-28)29-9-5-3-7-24(29)19-39/h3-17,27,41H,20-21H2,1-2H3,(H2,40,48)/t27-,36?/m1/s1. The number of nitrogens with zero attached hydrogens (tertiary/aromatic N) is 6. The molecule has 2 heterocycles. The number of halogens is 1. The Morgan fingerprint density at radius 1 is 0.979 bits per heavy atom. The second-order valence-electron chi connectivity index (χ2n) is 11.5. The minimum Gasteiger partial charge on any atom is -0.368 e. The van der Waals surface area contributed by atoms with Crippen LogP contribution in [0.5, 0.6) is 0 Å². The smallest absolute Gasteiger partial charge is 0.258 e. The maximum atomic E-state index is 14.8. The Bertz CT molecular complexity index is 2180. The number of amides is 3. The summed E-state index contributed by atoms with van der Waals surface area (Å²) >= 11 is 0. The molecule has 1 aromatic heterocycles. The van der Waals surface area contributed by atoms with E-state index < -0.39 is 35.0 Å². The molecule has 1 unspecified atom stereocenters. The van der Waals surface area contributed by atoms with Gasteiger partial charge in [0.1, 0.15) is 17.4 Å². The van der Waals surface area contributed by atoms with E-state index in [1.807, 2.05) is 24.3 Å². The Hall–Kier alpha value is -6.37. The molecule has 1 aliphatic rings. The van der Waals surface area contributed by atoms with E-state index in [0.717, 1.165) is 12.1 Å². The molecule has 2 atom stereocenters. The predicted octanol–water partition coefficient (Wildman–Crippen LogP) is 4.18. The van der Waals surface area contributed by atoms with Crippen LogP contribution in [0.2, 0.25) is 0 Å². The number of nitrogens with one attached hydrogen (secondary N) is 1. The summed E-state index contributed by atoms with van der Waals surface area (Å²) in [6.45, 7) is 1.10. The molecule has 0 aliphatic carbocycles. The number of carbonyl (C=O) groups excluding carboxylic acids is 3. The van der Waals surface area contributed by atoms with Gasteiger partial charge in [0.25, 0.3) is 5.91 Å². The zero-order valence-electron chi connectivity index (χ0n) is 26.0. The summed E-state index contributed by atoms with van der Waals surface area (Å²) < 4.78 is 15.5. The quantitative estimate of drug-likeness (QED) is 0.270. The van der Waals surface area contributed by atoms with Gasteiger partial charge in [-0.1, -0.05) is 30.3 Å². The average molecular weight is 641 g/mol. The maximum Gasteiger partial charge on any atom is 0.258 e. The van der Waals surface area contributed by atoms with E-state index in [1.54, 1.807) is 35.0 Å². The lowest BCUT2D eigenvalue weighted by Crippen LogP contribution is -2.63. The first-order chi connectivity index (χ1) is 23.1. The number of hydrogen-bond donors (Lipinski definition) is 2. The first-order valence-corrected chi connectivity index (χ1v) is 15.0. The van der Waals surface area contributed by atoms with Crippen molar-refractivity contribution in [3.05, 3.63) is 119 Å². The monoisotopic (exact) mass is 640 g/mol. The normalized spacial score (nSPS) is 15.6. The number of anilines is 2. The third kappa shape index (κ3) is 5.30. The van der Waals surface area contributed by atoms with Gasteiger partial charge in [-0.05, 0) is 74.6 Å². The van der Waals surface area contributed by atoms with Crippen LogP contribution in [0.15, 0.2) is 91.0 Å². The number of hydrogen-bond acceptors (Lipinski definition) is 7. The highest BCUT2D eigenvalue weighted by molar-refractivity contribution is 6.13. The van der Waals surface area contributed by atoms with Gasteiger partial charge >= 0.3 is 0 Å². The molecule has 11 nitrogen and oxygen atoms in total. The number of aromatic nitrogens is 2. The third-order valence-electron chi connectivity index (χ3n) is 8.90. The lowest BCUT2D eigenvalue weighted by Gasteiger charge is -2.36. The van der Waals surface area contributed by atoms with Gasteiger partial charge < -0.3 is 20.9 Å². The number of nitriles is 2. The highest BCUT2D eigenvalue weighted by Gasteiger charge is 2.49. The second-order valence-corrected chi connectivity index (χ2v) is 11.5. The number of fused-ring (bicyclic) bond motifs is 2. The number of benzene rings is 4. The fourth-order valence-electron chi connectivity index (χ4n) is 6.04. The average Bonchev–Trinajstić information content (AvgIpc) is 3.42. The van der Waals surface area contributed by atoms with Crippen molar-refractivity contribution >= 4 is 40.0 Å². The molecule has 0 spiro atoms. The molecule has 3 N–H and O–H groups in total. The summed E-state index contributed by atoms with van der Waals surface area (Å²) in [4.78, 5) is 44.7. The van der Waals surface area contributed by atoms with Crippen molar-refractivity contribution in [2.75, 3.05) is 23.4 Å². The minimum atomic E-state index is -1.62. The molecule has 4 aromatic carbocycles. The van der Waals surface area contributed by atoms with Gasteiger partial charge in [-0.3, -0.25) is 14.4 Å². The Kier molecular flexibility index (Phi) is 8.19. The topological polar surface area (TPSA) is 161 Å². The predicted molar refractivity (Wildman–Crippen MR) is 176 cm³/mol. The van der Waals surface area contributed by atoms with Gasteiger partial charge in [0.2, 0.25) is 11.8 Å². The molecule has 0 fully saturated rings. The second kappa shape index (κ2) is 12.4. The van der Waals surface area contributed by atoms with E-state index in [9.17, 15) is 29.3 Å². The third-order valence-corrected chi connectivity index (χ3v) is 8.90. The molecule has 0 saturated carbocycles. The molecule has 5 aromatic rings. The Balaban J connectivity index is 1.57. The van der Waals surface area contributed by atoms with E-state index in [-0.39, 0.29) is 35.6 Å². The van der Waals surface area contributed by atoms with Gasteiger partial charge in [0, 0.05) is 17.5 Å². The fraction of sp³-hybridized carbons (Fsp3) is 0.167. The molecule has 238 valence electrons. The van der Waals surface area contributed by atoms with Crippen molar-refractivity contribution in [1.82, 2.24) is 15.1 Å². The van der Waals surface area contributed by atoms with Crippen LogP contribution < -0.4 is 20.9 Å². The molecule has 0 bridgehead atoms. The molecule has 0 saturated heterocycles. The van der Waals surface area contributed by atoms with Crippen LogP contribution in [0.3, 0.4) is 0 Å². The first kappa shape index (κ1) is 31.6. The Labute approximate surface area is 275 Å². The summed E-state index contributed by atoms with van der Waals surface area (Å²) in [6.07, 6.45) is 0. The van der Waals surface area contributed by atoms with Crippen molar-refractivity contribution in [3.8, 4) is 17.8 Å². The number of likely N-dealkylation sites (N-methyl/N-ethyl adjacent to an activating group) is 1. The van der Waals surface area contributed by atoms with E-state index in [0.29, 0.717) is 27.8 Å². The van der Waals surface area contributed by atoms with Crippen LogP contribution in [-0.2, 0) is 16.1 Å². The number of nitrogens with two attached hydrogens (primary N) is 1. The summed E-state index contributed by atoms with van der Waals surface area (Å²) in [5.74, 6) is -3.66. The van der Waals surface area contributed by atoms with Crippen molar-refractivity contribution in [2.24, 2.45) is 11.7 Å². The molecule has 3 amide bonds. The van der Waals surface area contributed by atoms with Gasteiger partial charge in [0.05, 0.1) is 57.9 Å². The van der Waals surface area contributed by atoms with Crippen LogP contribution >= 0.6 is 0 Å². The highest BCUT2D eigenvalue weighted by Crippen LogP contribution is 2.40. The molecule has 48 heavy (non-hydrogen) atoms. The highest BCUT2D eigenvalue weighted by atomic mass is 19.1. The number of para-hydroxylation sites is 2. The number of carbonyl (C=O) groups is 3. The van der Waals surface area contributed by atoms with Crippen molar-refractivity contribution in [3.63, 3.8) is 0 Å².